The second-order valence-corrected chi connectivity index (χ2v) is 8.05. The van der Waals surface area contributed by atoms with Crippen LogP contribution in [0.2, 0.25) is 0 Å². The number of aryl methyl sites for hydroxylation is 1. The van der Waals surface area contributed by atoms with Gasteiger partial charge in [0.05, 0.1) is 5.25 Å². The van der Waals surface area contributed by atoms with Crippen molar-refractivity contribution in [1.29, 1.82) is 0 Å². The minimum absolute atomic E-state index is 0.0329. The second-order valence-electron chi connectivity index (χ2n) is 6.76. The van der Waals surface area contributed by atoms with E-state index in [1.807, 2.05) is 56.3 Å². The van der Waals surface area contributed by atoms with Crippen molar-refractivity contribution in [1.82, 2.24) is 15.5 Å². The van der Waals surface area contributed by atoms with Crippen LogP contribution in [0, 0.1) is 6.92 Å². The number of nitrogens with zero attached hydrogens (tertiary/aromatic N) is 2. The molecule has 146 valence electrons. The molecule has 0 unspecified atom stereocenters. The van der Waals surface area contributed by atoms with Crippen molar-refractivity contribution in [3.63, 3.8) is 0 Å². The van der Waals surface area contributed by atoms with Crippen molar-refractivity contribution in [2.75, 3.05) is 6.54 Å². The topological polar surface area (TPSA) is 68.0 Å². The third-order valence-corrected chi connectivity index (χ3v) is 5.57. The number of thioether (sulfide) groups is 1. The van der Waals surface area contributed by atoms with Crippen LogP contribution in [-0.2, 0) is 4.79 Å². The van der Waals surface area contributed by atoms with Crippen molar-refractivity contribution < 1.29 is 9.21 Å². The number of carbonyl (C=O) groups is 1. The van der Waals surface area contributed by atoms with Crippen molar-refractivity contribution in [3.05, 3.63) is 65.7 Å². The summed E-state index contributed by atoms with van der Waals surface area (Å²) in [5.74, 6) is 0.735. The Morgan fingerprint density at radius 2 is 1.82 bits per heavy atom. The quantitative estimate of drug-likeness (QED) is 0.553. The molecule has 1 amide bonds. The van der Waals surface area contributed by atoms with Gasteiger partial charge in [-0.25, -0.2) is 0 Å². The van der Waals surface area contributed by atoms with E-state index in [0.29, 0.717) is 23.6 Å². The zero-order valence-electron chi connectivity index (χ0n) is 16.4. The van der Waals surface area contributed by atoms with E-state index in [0.717, 1.165) is 12.0 Å². The second kappa shape index (κ2) is 9.55. The maximum absolute atomic E-state index is 12.5. The lowest BCUT2D eigenvalue weighted by atomic mass is 9.96. The molecule has 1 aromatic heterocycles. The van der Waals surface area contributed by atoms with E-state index in [1.54, 1.807) is 0 Å². The first-order chi connectivity index (χ1) is 13.6. The van der Waals surface area contributed by atoms with Gasteiger partial charge < -0.3 is 9.73 Å². The van der Waals surface area contributed by atoms with Crippen LogP contribution < -0.4 is 5.32 Å². The Hall–Kier alpha value is -2.60. The van der Waals surface area contributed by atoms with E-state index < -0.39 is 0 Å². The van der Waals surface area contributed by atoms with E-state index in [-0.39, 0.29) is 11.2 Å². The van der Waals surface area contributed by atoms with Gasteiger partial charge in [-0.3, -0.25) is 4.79 Å². The Morgan fingerprint density at radius 1 is 1.11 bits per heavy atom. The predicted octanol–water partition coefficient (Wildman–Crippen LogP) is 4.84. The number of benzene rings is 2. The van der Waals surface area contributed by atoms with Crippen LogP contribution >= 0.6 is 11.8 Å². The zero-order chi connectivity index (χ0) is 19.9. The van der Waals surface area contributed by atoms with Gasteiger partial charge >= 0.3 is 0 Å². The molecule has 5 nitrogen and oxygen atoms in total. The van der Waals surface area contributed by atoms with Gasteiger partial charge in [0.1, 0.15) is 0 Å². The summed E-state index contributed by atoms with van der Waals surface area (Å²) in [6.45, 7) is 6.62. The summed E-state index contributed by atoms with van der Waals surface area (Å²) in [5.41, 5.74) is 3.28. The number of hydrogen-bond donors (Lipinski definition) is 1. The van der Waals surface area contributed by atoms with Gasteiger partial charge in [0, 0.05) is 18.0 Å². The fourth-order valence-corrected chi connectivity index (χ4v) is 3.57. The minimum Gasteiger partial charge on any atom is -0.411 e. The van der Waals surface area contributed by atoms with E-state index in [9.17, 15) is 4.79 Å². The molecule has 0 bridgehead atoms. The molecule has 0 aliphatic carbocycles. The van der Waals surface area contributed by atoms with E-state index in [4.69, 9.17) is 4.42 Å². The molecule has 0 radical (unpaired) electrons. The molecule has 0 aliphatic heterocycles. The summed E-state index contributed by atoms with van der Waals surface area (Å²) in [6.07, 6.45) is 0.968. The lowest BCUT2D eigenvalue weighted by molar-refractivity contribution is -0.120. The molecular formula is C22H25N3O2S. The molecule has 0 saturated carbocycles. The van der Waals surface area contributed by atoms with Gasteiger partial charge in [-0.05, 0) is 38.0 Å². The Kier molecular flexibility index (Phi) is 6.87. The van der Waals surface area contributed by atoms with E-state index in [1.165, 1.54) is 22.9 Å². The first-order valence-electron chi connectivity index (χ1n) is 9.46. The summed E-state index contributed by atoms with van der Waals surface area (Å²) in [4.78, 5) is 12.5. The molecule has 2 aromatic carbocycles. The highest BCUT2D eigenvalue weighted by Gasteiger charge is 2.20. The van der Waals surface area contributed by atoms with E-state index in [2.05, 4.69) is 34.6 Å². The van der Waals surface area contributed by atoms with Crippen LogP contribution in [0.4, 0.5) is 0 Å². The van der Waals surface area contributed by atoms with Crippen LogP contribution in [0.15, 0.2) is 64.2 Å². The SMILES string of the molecule is CC[C@H](CNC(=O)[C@H](C)Sc1nnc(-c2ccc(C)cc2)o1)c1ccccc1. The number of rotatable bonds is 8. The average molecular weight is 396 g/mol. The molecule has 2 atom stereocenters. The van der Waals surface area contributed by atoms with Crippen LogP contribution in [0.5, 0.6) is 0 Å². The third-order valence-electron chi connectivity index (χ3n) is 4.64. The zero-order valence-corrected chi connectivity index (χ0v) is 17.2. The smallest absolute Gasteiger partial charge is 0.277 e. The van der Waals surface area contributed by atoms with Crippen LogP contribution in [-0.4, -0.2) is 27.9 Å². The van der Waals surface area contributed by atoms with Gasteiger partial charge in [-0.2, -0.15) is 0 Å². The number of aromatic nitrogens is 2. The number of amides is 1. The van der Waals surface area contributed by atoms with Gasteiger partial charge in [0.25, 0.3) is 5.22 Å². The Labute approximate surface area is 170 Å². The number of hydrogen-bond acceptors (Lipinski definition) is 5. The highest BCUT2D eigenvalue weighted by atomic mass is 32.2. The van der Waals surface area contributed by atoms with Crippen molar-refractivity contribution in [2.24, 2.45) is 0 Å². The minimum atomic E-state index is -0.320. The molecule has 1 N–H and O–H groups in total. The Morgan fingerprint density at radius 3 is 2.50 bits per heavy atom. The lowest BCUT2D eigenvalue weighted by Gasteiger charge is -2.17. The fraction of sp³-hybridized carbons (Fsp3) is 0.318. The molecule has 6 heteroatoms. The molecule has 0 saturated heterocycles. The van der Waals surface area contributed by atoms with Crippen LogP contribution in [0.3, 0.4) is 0 Å². The summed E-state index contributed by atoms with van der Waals surface area (Å²) in [7, 11) is 0. The molecule has 0 aliphatic rings. The highest BCUT2D eigenvalue weighted by molar-refractivity contribution is 8.00. The summed E-state index contributed by atoms with van der Waals surface area (Å²) in [6, 6.07) is 18.2. The van der Waals surface area contributed by atoms with Crippen molar-refractivity contribution >= 4 is 17.7 Å². The van der Waals surface area contributed by atoms with Crippen molar-refractivity contribution in [3.8, 4) is 11.5 Å². The maximum Gasteiger partial charge on any atom is 0.277 e. The largest absolute Gasteiger partial charge is 0.411 e. The Bertz CT molecular complexity index is 894. The highest BCUT2D eigenvalue weighted by Crippen LogP contribution is 2.26. The average Bonchev–Trinajstić information content (AvgIpc) is 3.18. The van der Waals surface area contributed by atoms with E-state index >= 15 is 0 Å². The molecule has 28 heavy (non-hydrogen) atoms. The monoisotopic (exact) mass is 395 g/mol. The summed E-state index contributed by atoms with van der Waals surface area (Å²) < 4.78 is 5.71. The van der Waals surface area contributed by atoms with Gasteiger partial charge in [0.15, 0.2) is 0 Å². The van der Waals surface area contributed by atoms with Gasteiger partial charge in [-0.15, -0.1) is 10.2 Å². The fourth-order valence-electron chi connectivity index (χ4n) is 2.87. The summed E-state index contributed by atoms with van der Waals surface area (Å²) >= 11 is 1.27. The molecule has 0 fully saturated rings. The molecule has 0 spiro atoms. The van der Waals surface area contributed by atoms with Gasteiger partial charge in [-0.1, -0.05) is 66.7 Å². The third kappa shape index (κ3) is 5.23. The van der Waals surface area contributed by atoms with Crippen LogP contribution in [0.1, 0.15) is 37.3 Å². The lowest BCUT2D eigenvalue weighted by Crippen LogP contribution is -2.34. The maximum atomic E-state index is 12.5. The number of carbonyl (C=O) groups excluding carboxylic acids is 1. The molecule has 3 aromatic rings. The van der Waals surface area contributed by atoms with Gasteiger partial charge in [0.2, 0.25) is 11.8 Å². The van der Waals surface area contributed by atoms with Crippen LogP contribution in [0.25, 0.3) is 11.5 Å². The first-order valence-corrected chi connectivity index (χ1v) is 10.3. The standard InChI is InChI=1S/C22H25N3O2S/c1-4-17(18-8-6-5-7-9-18)14-23-20(26)16(3)28-22-25-24-21(27-22)19-12-10-15(2)11-13-19/h5-13,16-17H,4,14H2,1-3H3,(H,23,26)/t16-,17+/m0/s1. The first kappa shape index (κ1) is 20.1. The number of nitrogens with one attached hydrogen (secondary N) is 1. The molecular weight excluding hydrogens is 370 g/mol. The summed E-state index contributed by atoms with van der Waals surface area (Å²) in [5, 5.41) is 11.3. The van der Waals surface area contributed by atoms with Crippen molar-refractivity contribution in [2.45, 2.75) is 43.6 Å². The predicted molar refractivity (Wildman–Crippen MR) is 112 cm³/mol. The molecule has 1 heterocycles. The normalized spacial score (nSPS) is 13.1. The molecule has 3 rings (SSSR count). The Balaban J connectivity index is 1.55.